The fourth-order valence-corrected chi connectivity index (χ4v) is 2.52. The van der Waals surface area contributed by atoms with Crippen LogP contribution in [-0.2, 0) is 19.1 Å². The second-order valence-electron chi connectivity index (χ2n) is 5.06. The van der Waals surface area contributed by atoms with Crippen molar-refractivity contribution in [2.75, 3.05) is 19.1 Å². The third-order valence-electron chi connectivity index (χ3n) is 3.57. The Morgan fingerprint density at radius 1 is 0.957 bits per heavy atom. The fraction of sp³-hybridized carbons (Fsp3) is 0.222. The van der Waals surface area contributed by atoms with Crippen molar-refractivity contribution in [2.24, 2.45) is 0 Å². The fourth-order valence-electron chi connectivity index (χ4n) is 2.52. The maximum atomic E-state index is 12.4. The van der Waals surface area contributed by atoms with E-state index in [9.17, 15) is 9.59 Å². The van der Waals surface area contributed by atoms with Gasteiger partial charge >= 0.3 is 11.9 Å². The number of methoxy groups -OCH3 is 2. The lowest BCUT2D eigenvalue weighted by atomic mass is 10.1. The van der Waals surface area contributed by atoms with Crippen molar-refractivity contribution in [2.45, 2.75) is 13.8 Å². The summed E-state index contributed by atoms with van der Waals surface area (Å²) in [6, 6.07) is 5.83. The summed E-state index contributed by atoms with van der Waals surface area (Å²) in [5, 5.41) is 0. The molecule has 1 aromatic carbocycles. The Balaban J connectivity index is 2.74. The highest BCUT2D eigenvalue weighted by Gasteiger charge is 2.28. The Morgan fingerprint density at radius 2 is 1.57 bits per heavy atom. The van der Waals surface area contributed by atoms with Gasteiger partial charge in [0.05, 0.1) is 25.5 Å². The normalized spacial score (nSPS) is 13.8. The molecule has 120 valence electrons. The molecule has 0 fully saturated rings. The first-order valence-electron chi connectivity index (χ1n) is 7.12. The van der Waals surface area contributed by atoms with Crippen LogP contribution >= 0.6 is 0 Å². The lowest BCUT2D eigenvalue weighted by molar-refractivity contribution is -0.139. The predicted molar refractivity (Wildman–Crippen MR) is 87.7 cm³/mol. The molecule has 5 nitrogen and oxygen atoms in total. The van der Waals surface area contributed by atoms with E-state index in [1.165, 1.54) is 14.2 Å². The zero-order chi connectivity index (χ0) is 17.0. The lowest BCUT2D eigenvalue weighted by Gasteiger charge is -2.26. The number of aryl methyl sites for hydroxylation is 2. The van der Waals surface area contributed by atoms with Crippen LogP contribution in [0.25, 0.3) is 0 Å². The van der Waals surface area contributed by atoms with E-state index in [1.807, 2.05) is 32.0 Å². The van der Waals surface area contributed by atoms with Crippen LogP contribution < -0.4 is 4.90 Å². The molecule has 0 amide bonds. The van der Waals surface area contributed by atoms with Crippen molar-refractivity contribution in [1.82, 2.24) is 0 Å². The molecule has 1 heterocycles. The summed E-state index contributed by atoms with van der Waals surface area (Å²) in [5.74, 6) is -1.20. The Kier molecular flexibility index (Phi) is 5.01. The standard InChI is InChI=1S/C18H19NO4/c1-12-8-7-9-13(2)15(12)19-11-6-5-10-14(17(20)22-3)16(19)18(21)23-4/h5-11H,1-4H3. The van der Waals surface area contributed by atoms with E-state index in [0.29, 0.717) is 0 Å². The van der Waals surface area contributed by atoms with Crippen molar-refractivity contribution in [3.63, 3.8) is 0 Å². The molecule has 0 aliphatic carbocycles. The molecule has 0 spiro atoms. The minimum absolute atomic E-state index is 0.127. The molecule has 5 heteroatoms. The number of ether oxygens (including phenoxy) is 2. The monoisotopic (exact) mass is 313 g/mol. The van der Waals surface area contributed by atoms with Gasteiger partial charge in [-0.2, -0.15) is 0 Å². The smallest absolute Gasteiger partial charge is 0.355 e. The number of para-hydroxylation sites is 1. The summed E-state index contributed by atoms with van der Waals surface area (Å²) in [7, 11) is 2.56. The number of esters is 2. The van der Waals surface area contributed by atoms with Gasteiger partial charge in [0.2, 0.25) is 0 Å². The van der Waals surface area contributed by atoms with Crippen LogP contribution in [0.5, 0.6) is 0 Å². The molecule has 0 bridgehead atoms. The highest BCUT2D eigenvalue weighted by molar-refractivity contribution is 6.05. The number of hydrogen-bond donors (Lipinski definition) is 0. The summed E-state index contributed by atoms with van der Waals surface area (Å²) < 4.78 is 9.69. The van der Waals surface area contributed by atoms with Crippen LogP contribution in [0.2, 0.25) is 0 Å². The van der Waals surface area contributed by atoms with Crippen molar-refractivity contribution in [3.05, 3.63) is 65.0 Å². The highest BCUT2D eigenvalue weighted by Crippen LogP contribution is 2.31. The van der Waals surface area contributed by atoms with Gasteiger partial charge in [-0.1, -0.05) is 24.3 Å². The molecule has 0 N–H and O–H groups in total. The summed E-state index contributed by atoms with van der Waals surface area (Å²) in [6.45, 7) is 3.89. The van der Waals surface area contributed by atoms with Crippen molar-refractivity contribution in [1.29, 1.82) is 0 Å². The van der Waals surface area contributed by atoms with E-state index in [2.05, 4.69) is 0 Å². The first-order valence-corrected chi connectivity index (χ1v) is 7.12. The van der Waals surface area contributed by atoms with Crippen molar-refractivity contribution >= 4 is 17.6 Å². The third-order valence-corrected chi connectivity index (χ3v) is 3.57. The van der Waals surface area contributed by atoms with Gasteiger partial charge < -0.3 is 14.4 Å². The highest BCUT2D eigenvalue weighted by atomic mass is 16.5. The molecular weight excluding hydrogens is 294 g/mol. The number of hydrogen-bond acceptors (Lipinski definition) is 5. The van der Waals surface area contributed by atoms with E-state index in [-0.39, 0.29) is 11.3 Å². The number of carbonyl (C=O) groups is 2. The molecule has 23 heavy (non-hydrogen) atoms. The van der Waals surface area contributed by atoms with Gasteiger partial charge in [0.25, 0.3) is 0 Å². The van der Waals surface area contributed by atoms with Crippen LogP contribution in [0.3, 0.4) is 0 Å². The topological polar surface area (TPSA) is 55.8 Å². The average Bonchev–Trinajstić information content (AvgIpc) is 2.76. The summed E-state index contributed by atoms with van der Waals surface area (Å²) >= 11 is 0. The van der Waals surface area contributed by atoms with Gasteiger partial charge in [0.15, 0.2) is 0 Å². The minimum atomic E-state index is -0.607. The zero-order valence-electron chi connectivity index (χ0n) is 13.6. The van der Waals surface area contributed by atoms with Gasteiger partial charge in [-0.25, -0.2) is 9.59 Å². The maximum absolute atomic E-state index is 12.4. The first-order chi connectivity index (χ1) is 11.0. The minimum Gasteiger partial charge on any atom is -0.465 e. The van der Waals surface area contributed by atoms with Gasteiger partial charge in [-0.05, 0) is 37.1 Å². The van der Waals surface area contributed by atoms with E-state index >= 15 is 0 Å². The van der Waals surface area contributed by atoms with E-state index < -0.39 is 11.9 Å². The largest absolute Gasteiger partial charge is 0.465 e. The van der Waals surface area contributed by atoms with Crippen LogP contribution in [-0.4, -0.2) is 26.2 Å². The molecule has 0 radical (unpaired) electrons. The molecule has 1 aliphatic rings. The SMILES string of the molecule is COC(=O)C1=C(C(=O)OC)N(c2c(C)cccc2C)C=CC=C1. The molecule has 1 aromatic rings. The maximum Gasteiger partial charge on any atom is 0.355 e. The Bertz CT molecular complexity index is 708. The number of nitrogens with zero attached hydrogens (tertiary/aromatic N) is 1. The quantitative estimate of drug-likeness (QED) is 0.803. The lowest BCUT2D eigenvalue weighted by Crippen LogP contribution is -2.28. The Morgan fingerprint density at radius 3 is 2.13 bits per heavy atom. The van der Waals surface area contributed by atoms with E-state index in [0.717, 1.165) is 16.8 Å². The second kappa shape index (κ2) is 6.96. The number of allylic oxidation sites excluding steroid dienone is 2. The molecule has 0 saturated heterocycles. The van der Waals surface area contributed by atoms with Gasteiger partial charge in [-0.3, -0.25) is 0 Å². The van der Waals surface area contributed by atoms with Crippen LogP contribution in [0.1, 0.15) is 11.1 Å². The number of anilines is 1. The molecule has 0 saturated carbocycles. The second-order valence-corrected chi connectivity index (χ2v) is 5.06. The summed E-state index contributed by atoms with van der Waals surface area (Å²) in [4.78, 5) is 26.1. The van der Waals surface area contributed by atoms with E-state index in [1.54, 1.807) is 29.3 Å². The molecule has 2 rings (SSSR count). The molecule has 0 aromatic heterocycles. The number of carbonyl (C=O) groups excluding carboxylic acids is 2. The Hall–Kier alpha value is -2.82. The summed E-state index contributed by atoms with van der Waals surface area (Å²) in [5.41, 5.74) is 3.05. The first kappa shape index (κ1) is 16.5. The Labute approximate surface area is 135 Å². The van der Waals surface area contributed by atoms with Crippen molar-refractivity contribution < 1.29 is 19.1 Å². The number of benzene rings is 1. The molecule has 0 atom stereocenters. The van der Waals surface area contributed by atoms with Crippen LogP contribution in [0.15, 0.2) is 53.9 Å². The molecular formula is C18H19NO4. The zero-order valence-corrected chi connectivity index (χ0v) is 13.6. The van der Waals surface area contributed by atoms with Crippen LogP contribution in [0.4, 0.5) is 5.69 Å². The summed E-state index contributed by atoms with van der Waals surface area (Å²) in [6.07, 6.45) is 6.71. The average molecular weight is 313 g/mol. The van der Waals surface area contributed by atoms with Gasteiger partial charge in [0.1, 0.15) is 5.70 Å². The molecule has 1 aliphatic heterocycles. The predicted octanol–water partition coefficient (Wildman–Crippen LogP) is 2.79. The molecule has 0 unspecified atom stereocenters. The number of rotatable bonds is 3. The van der Waals surface area contributed by atoms with Crippen LogP contribution in [0, 0.1) is 13.8 Å². The van der Waals surface area contributed by atoms with Crippen molar-refractivity contribution in [3.8, 4) is 0 Å². The van der Waals surface area contributed by atoms with E-state index in [4.69, 9.17) is 9.47 Å². The van der Waals surface area contributed by atoms with Gasteiger partial charge in [0, 0.05) is 6.20 Å². The van der Waals surface area contributed by atoms with Gasteiger partial charge in [-0.15, -0.1) is 0 Å². The third kappa shape index (κ3) is 3.18.